The molecule has 0 fully saturated rings. The molecule has 2 heterocycles. The Morgan fingerprint density at radius 3 is 2.61 bits per heavy atom. The summed E-state index contributed by atoms with van der Waals surface area (Å²) in [7, 11) is 0. The first-order valence-electron chi connectivity index (χ1n) is 6.03. The van der Waals surface area contributed by atoms with Gasteiger partial charge in [0.2, 0.25) is 0 Å². The number of imidazole rings is 1. The van der Waals surface area contributed by atoms with Crippen LogP contribution in [0.1, 0.15) is 26.5 Å². The average Bonchev–Trinajstić information content (AvgIpc) is 2.68. The summed E-state index contributed by atoms with van der Waals surface area (Å²) in [5.41, 5.74) is 2.38. The third kappa shape index (κ3) is 1.74. The van der Waals surface area contributed by atoms with Crippen molar-refractivity contribution < 1.29 is 0 Å². The lowest BCUT2D eigenvalue weighted by molar-refractivity contribution is 0.562. The number of benzene rings is 1. The van der Waals surface area contributed by atoms with Gasteiger partial charge in [0.15, 0.2) is 0 Å². The lowest BCUT2D eigenvalue weighted by Gasteiger charge is -2.21. The van der Waals surface area contributed by atoms with Crippen molar-refractivity contribution in [1.82, 2.24) is 9.38 Å². The molecule has 0 radical (unpaired) electrons. The van der Waals surface area contributed by atoms with Gasteiger partial charge in [-0.2, -0.15) is 0 Å². The van der Waals surface area contributed by atoms with Gasteiger partial charge in [0.1, 0.15) is 10.3 Å². The molecule has 0 saturated heterocycles. The highest BCUT2D eigenvalue weighted by Crippen LogP contribution is 2.30. The van der Waals surface area contributed by atoms with Gasteiger partial charge in [0.25, 0.3) is 0 Å². The van der Waals surface area contributed by atoms with Crippen LogP contribution in [0.25, 0.3) is 16.4 Å². The highest BCUT2D eigenvalue weighted by Gasteiger charge is 2.19. The van der Waals surface area contributed by atoms with E-state index in [4.69, 9.17) is 0 Å². The van der Waals surface area contributed by atoms with Crippen LogP contribution >= 0.6 is 15.9 Å². The topological polar surface area (TPSA) is 17.3 Å². The van der Waals surface area contributed by atoms with Gasteiger partial charge in [-0.05, 0) is 27.4 Å². The van der Waals surface area contributed by atoms with Gasteiger partial charge in [0.05, 0.1) is 0 Å². The van der Waals surface area contributed by atoms with Crippen molar-refractivity contribution in [1.29, 1.82) is 0 Å². The van der Waals surface area contributed by atoms with Gasteiger partial charge in [-0.1, -0.05) is 45.0 Å². The number of aromatic nitrogens is 2. The number of pyridine rings is 1. The molecule has 0 spiro atoms. The Kier molecular flexibility index (Phi) is 2.49. The van der Waals surface area contributed by atoms with E-state index in [2.05, 4.69) is 76.4 Å². The lowest BCUT2D eigenvalue weighted by atomic mass is 9.90. The number of nitrogens with zero attached hydrogens (tertiary/aromatic N) is 2. The molecule has 0 N–H and O–H groups in total. The lowest BCUT2D eigenvalue weighted by Crippen LogP contribution is -2.16. The zero-order valence-electron chi connectivity index (χ0n) is 10.7. The molecule has 0 saturated carbocycles. The SMILES string of the molecule is CC(C)(C)c1cc2ccccc2c2nc(Br)cn12. The fourth-order valence-corrected chi connectivity index (χ4v) is 2.72. The molecule has 92 valence electrons. The van der Waals surface area contributed by atoms with Crippen LogP contribution in [-0.2, 0) is 5.41 Å². The fraction of sp³-hybridized carbons (Fsp3) is 0.267. The van der Waals surface area contributed by atoms with E-state index >= 15 is 0 Å². The predicted molar refractivity (Wildman–Crippen MR) is 79.1 cm³/mol. The Morgan fingerprint density at radius 1 is 1.17 bits per heavy atom. The second kappa shape index (κ2) is 3.82. The van der Waals surface area contributed by atoms with E-state index in [1.54, 1.807) is 0 Å². The molecule has 3 rings (SSSR count). The van der Waals surface area contributed by atoms with Crippen LogP contribution in [-0.4, -0.2) is 9.38 Å². The van der Waals surface area contributed by atoms with Crippen molar-refractivity contribution in [2.24, 2.45) is 0 Å². The normalized spacial score (nSPS) is 12.4. The highest BCUT2D eigenvalue weighted by molar-refractivity contribution is 9.10. The Morgan fingerprint density at radius 2 is 1.89 bits per heavy atom. The molecule has 0 atom stereocenters. The summed E-state index contributed by atoms with van der Waals surface area (Å²) in [6.45, 7) is 6.68. The van der Waals surface area contributed by atoms with Crippen LogP contribution in [0.5, 0.6) is 0 Å². The van der Waals surface area contributed by atoms with Crippen LogP contribution < -0.4 is 0 Å². The van der Waals surface area contributed by atoms with Crippen LogP contribution in [0.2, 0.25) is 0 Å². The third-order valence-corrected chi connectivity index (χ3v) is 3.58. The monoisotopic (exact) mass is 302 g/mol. The summed E-state index contributed by atoms with van der Waals surface area (Å²) >= 11 is 3.48. The van der Waals surface area contributed by atoms with Crippen molar-refractivity contribution in [3.63, 3.8) is 0 Å². The molecule has 3 heteroatoms. The minimum absolute atomic E-state index is 0.0857. The van der Waals surface area contributed by atoms with Crippen molar-refractivity contribution in [3.05, 3.63) is 46.8 Å². The molecule has 3 aromatic rings. The van der Waals surface area contributed by atoms with E-state index in [0.29, 0.717) is 0 Å². The van der Waals surface area contributed by atoms with Gasteiger partial charge >= 0.3 is 0 Å². The van der Waals surface area contributed by atoms with Gasteiger partial charge in [-0.15, -0.1) is 0 Å². The molecule has 1 aromatic carbocycles. The molecular formula is C15H15BrN2. The Balaban J connectivity index is 2.54. The van der Waals surface area contributed by atoms with E-state index in [1.807, 2.05) is 6.20 Å². The van der Waals surface area contributed by atoms with E-state index in [0.717, 1.165) is 10.3 Å². The number of halogens is 1. The largest absolute Gasteiger partial charge is 0.302 e. The van der Waals surface area contributed by atoms with Crippen molar-refractivity contribution in [2.45, 2.75) is 26.2 Å². The minimum Gasteiger partial charge on any atom is -0.302 e. The summed E-state index contributed by atoms with van der Waals surface area (Å²) in [4.78, 5) is 4.60. The molecule has 0 aliphatic carbocycles. The second-order valence-corrected chi connectivity index (χ2v) is 6.44. The molecule has 2 aromatic heterocycles. The predicted octanol–water partition coefficient (Wildman–Crippen LogP) is 4.55. The van der Waals surface area contributed by atoms with Crippen LogP contribution in [0, 0.1) is 0 Å². The van der Waals surface area contributed by atoms with Crippen molar-refractivity contribution in [2.75, 3.05) is 0 Å². The number of hydrogen-bond acceptors (Lipinski definition) is 1. The molecule has 0 aliphatic heterocycles. The molecule has 18 heavy (non-hydrogen) atoms. The Bertz CT molecular complexity index is 735. The number of fused-ring (bicyclic) bond motifs is 3. The van der Waals surface area contributed by atoms with Gasteiger partial charge < -0.3 is 4.40 Å². The average molecular weight is 303 g/mol. The molecule has 0 amide bonds. The van der Waals surface area contributed by atoms with Gasteiger partial charge in [-0.25, -0.2) is 4.98 Å². The van der Waals surface area contributed by atoms with Gasteiger partial charge in [0, 0.05) is 22.7 Å². The maximum absolute atomic E-state index is 4.60. The standard InChI is InChI=1S/C15H15BrN2/c1-15(2,3)12-8-10-6-4-5-7-11(10)14-17-13(16)9-18(12)14/h4-9H,1-3H3. The second-order valence-electron chi connectivity index (χ2n) is 5.62. The quantitative estimate of drug-likeness (QED) is 0.595. The zero-order valence-corrected chi connectivity index (χ0v) is 12.3. The van der Waals surface area contributed by atoms with Crippen molar-refractivity contribution >= 4 is 32.3 Å². The molecule has 0 bridgehead atoms. The Hall–Kier alpha value is -1.35. The first-order valence-corrected chi connectivity index (χ1v) is 6.83. The molecular weight excluding hydrogens is 288 g/mol. The summed E-state index contributed by atoms with van der Waals surface area (Å²) < 4.78 is 3.07. The summed E-state index contributed by atoms with van der Waals surface area (Å²) in [5.74, 6) is 0. The molecule has 2 nitrogen and oxygen atoms in total. The van der Waals surface area contributed by atoms with E-state index in [9.17, 15) is 0 Å². The summed E-state index contributed by atoms with van der Waals surface area (Å²) in [6, 6.07) is 10.7. The van der Waals surface area contributed by atoms with Crippen LogP contribution in [0.15, 0.2) is 41.1 Å². The summed E-state index contributed by atoms with van der Waals surface area (Å²) in [6.07, 6.45) is 2.04. The number of rotatable bonds is 0. The third-order valence-electron chi connectivity index (χ3n) is 3.20. The highest BCUT2D eigenvalue weighted by atomic mass is 79.9. The number of hydrogen-bond donors (Lipinski definition) is 0. The maximum Gasteiger partial charge on any atom is 0.146 e. The molecule has 0 aliphatic rings. The van der Waals surface area contributed by atoms with E-state index < -0.39 is 0 Å². The van der Waals surface area contributed by atoms with E-state index in [-0.39, 0.29) is 5.41 Å². The first kappa shape index (κ1) is 11.7. The van der Waals surface area contributed by atoms with Crippen molar-refractivity contribution in [3.8, 4) is 0 Å². The van der Waals surface area contributed by atoms with E-state index in [1.165, 1.54) is 16.5 Å². The molecule has 0 unspecified atom stereocenters. The maximum atomic E-state index is 4.60. The first-order chi connectivity index (χ1) is 8.47. The van der Waals surface area contributed by atoms with Crippen LogP contribution in [0.3, 0.4) is 0 Å². The smallest absolute Gasteiger partial charge is 0.146 e. The zero-order chi connectivity index (χ0) is 12.9. The van der Waals surface area contributed by atoms with Crippen LogP contribution in [0.4, 0.5) is 0 Å². The van der Waals surface area contributed by atoms with Gasteiger partial charge in [-0.3, -0.25) is 0 Å². The minimum atomic E-state index is 0.0857. The summed E-state index contributed by atoms with van der Waals surface area (Å²) in [5, 5.41) is 2.43. The fourth-order valence-electron chi connectivity index (χ4n) is 2.35. The Labute approximate surface area is 115 Å².